The summed E-state index contributed by atoms with van der Waals surface area (Å²) in [5.41, 5.74) is 1.17. The van der Waals surface area contributed by atoms with E-state index in [1.165, 1.54) is 5.56 Å². The van der Waals surface area contributed by atoms with Crippen LogP contribution in [-0.2, 0) is 16.1 Å². The molecule has 1 heterocycles. The molecule has 0 atom stereocenters. The monoisotopic (exact) mass is 404 g/mol. The summed E-state index contributed by atoms with van der Waals surface area (Å²) in [5, 5.41) is 3.42. The van der Waals surface area contributed by atoms with E-state index in [1.54, 1.807) is 7.05 Å². The van der Waals surface area contributed by atoms with Crippen LogP contribution in [0.15, 0.2) is 29.3 Å². The normalized spacial score (nSPS) is 15.5. The highest BCUT2D eigenvalue weighted by Gasteiger charge is 2.27. The molecule has 0 radical (unpaired) electrons. The molecule has 7 nitrogen and oxygen atoms in total. The number of benzene rings is 1. The van der Waals surface area contributed by atoms with E-state index >= 15 is 0 Å². The largest absolute Gasteiger partial charge is 0.494 e. The first-order valence-corrected chi connectivity index (χ1v) is 10.5. The third kappa shape index (κ3) is 7.93. The molecule has 1 aromatic rings. The number of aliphatic imine (C=N–C) groups is 1. The number of piperidine rings is 1. The van der Waals surface area contributed by atoms with E-state index in [-0.39, 0.29) is 11.9 Å². The Morgan fingerprint density at radius 3 is 2.52 bits per heavy atom. The Morgan fingerprint density at radius 1 is 1.24 bits per heavy atom. The number of hydrogen-bond donors (Lipinski definition) is 1. The van der Waals surface area contributed by atoms with Crippen LogP contribution in [-0.4, -0.2) is 75.7 Å². The molecule has 1 aliphatic heterocycles. The molecule has 1 fully saturated rings. The smallest absolute Gasteiger partial charge is 0.309 e. The zero-order chi connectivity index (χ0) is 21.1. The van der Waals surface area contributed by atoms with Crippen LogP contribution < -0.4 is 10.1 Å². The lowest BCUT2D eigenvalue weighted by molar-refractivity contribution is -0.149. The summed E-state index contributed by atoms with van der Waals surface area (Å²) in [7, 11) is 5.93. The van der Waals surface area contributed by atoms with E-state index in [2.05, 4.69) is 46.3 Å². The van der Waals surface area contributed by atoms with Gasteiger partial charge in [-0.2, -0.15) is 0 Å². The minimum Gasteiger partial charge on any atom is -0.494 e. The third-order valence-corrected chi connectivity index (χ3v) is 5.02. The van der Waals surface area contributed by atoms with Gasteiger partial charge in [-0.3, -0.25) is 9.79 Å². The summed E-state index contributed by atoms with van der Waals surface area (Å²) in [5.74, 6) is 1.71. The fourth-order valence-corrected chi connectivity index (χ4v) is 3.37. The molecule has 0 amide bonds. The molecule has 29 heavy (non-hydrogen) atoms. The molecule has 0 unspecified atom stereocenters. The van der Waals surface area contributed by atoms with Gasteiger partial charge in [0.25, 0.3) is 0 Å². The minimum absolute atomic E-state index is 0.00887. The lowest BCUT2D eigenvalue weighted by Crippen LogP contribution is -2.46. The van der Waals surface area contributed by atoms with E-state index in [0.717, 1.165) is 57.2 Å². The second kappa shape index (κ2) is 12.3. The van der Waals surface area contributed by atoms with Crippen molar-refractivity contribution in [2.45, 2.75) is 32.7 Å². The molecular formula is C22H36N4O3. The molecular weight excluding hydrogens is 368 g/mol. The zero-order valence-corrected chi connectivity index (χ0v) is 18.3. The summed E-state index contributed by atoms with van der Waals surface area (Å²) >= 11 is 0. The maximum atomic E-state index is 11.9. The predicted octanol–water partition coefficient (Wildman–Crippen LogP) is 2.37. The van der Waals surface area contributed by atoms with Gasteiger partial charge in [-0.15, -0.1) is 0 Å². The van der Waals surface area contributed by atoms with Gasteiger partial charge in [0.05, 0.1) is 19.1 Å². The SMILES string of the molecule is CCOC(=O)C1CCN(C(=NC)NCc2ccc(OCCCN(C)C)cc2)CC1. The van der Waals surface area contributed by atoms with Crippen LogP contribution in [0, 0.1) is 5.92 Å². The molecule has 0 aromatic heterocycles. The highest BCUT2D eigenvalue weighted by atomic mass is 16.5. The number of ether oxygens (including phenoxy) is 2. The van der Waals surface area contributed by atoms with Crippen molar-refractivity contribution in [3.8, 4) is 5.75 Å². The number of carbonyl (C=O) groups is 1. The van der Waals surface area contributed by atoms with Crippen molar-refractivity contribution < 1.29 is 14.3 Å². The van der Waals surface area contributed by atoms with Crippen LogP contribution in [0.25, 0.3) is 0 Å². The van der Waals surface area contributed by atoms with Gasteiger partial charge in [0.2, 0.25) is 0 Å². The maximum absolute atomic E-state index is 11.9. The van der Waals surface area contributed by atoms with Crippen LogP contribution >= 0.6 is 0 Å². The van der Waals surface area contributed by atoms with Crippen LogP contribution in [0.2, 0.25) is 0 Å². The molecule has 0 saturated carbocycles. The number of guanidine groups is 1. The summed E-state index contributed by atoms with van der Waals surface area (Å²) in [4.78, 5) is 20.7. The first-order valence-electron chi connectivity index (χ1n) is 10.5. The molecule has 7 heteroatoms. The van der Waals surface area contributed by atoms with Crippen molar-refractivity contribution >= 4 is 11.9 Å². The fraction of sp³-hybridized carbons (Fsp3) is 0.636. The average Bonchev–Trinajstić information content (AvgIpc) is 2.73. The Labute approximate surface area is 175 Å². The van der Waals surface area contributed by atoms with Gasteiger partial charge in [-0.25, -0.2) is 0 Å². The van der Waals surface area contributed by atoms with Gasteiger partial charge < -0.3 is 24.6 Å². The van der Waals surface area contributed by atoms with Crippen molar-refractivity contribution in [3.05, 3.63) is 29.8 Å². The van der Waals surface area contributed by atoms with Crippen molar-refractivity contribution in [2.75, 3.05) is 54.0 Å². The molecule has 1 aromatic carbocycles. The summed E-state index contributed by atoms with van der Waals surface area (Å²) in [6, 6.07) is 8.18. The van der Waals surface area contributed by atoms with E-state index in [4.69, 9.17) is 9.47 Å². The van der Waals surface area contributed by atoms with Crippen LogP contribution in [0.3, 0.4) is 0 Å². The van der Waals surface area contributed by atoms with E-state index in [0.29, 0.717) is 13.2 Å². The number of hydrogen-bond acceptors (Lipinski definition) is 5. The molecule has 1 saturated heterocycles. The van der Waals surface area contributed by atoms with Crippen LogP contribution in [0.5, 0.6) is 5.75 Å². The zero-order valence-electron chi connectivity index (χ0n) is 18.3. The highest BCUT2D eigenvalue weighted by molar-refractivity contribution is 5.80. The third-order valence-electron chi connectivity index (χ3n) is 5.02. The predicted molar refractivity (Wildman–Crippen MR) is 116 cm³/mol. The summed E-state index contributed by atoms with van der Waals surface area (Å²) < 4.78 is 10.9. The molecule has 0 bridgehead atoms. The number of rotatable bonds is 9. The minimum atomic E-state index is -0.0703. The maximum Gasteiger partial charge on any atom is 0.309 e. The Morgan fingerprint density at radius 2 is 1.93 bits per heavy atom. The van der Waals surface area contributed by atoms with Gasteiger partial charge in [0, 0.05) is 33.2 Å². The number of esters is 1. The van der Waals surface area contributed by atoms with Gasteiger partial charge in [-0.1, -0.05) is 12.1 Å². The number of nitrogens with one attached hydrogen (secondary N) is 1. The van der Waals surface area contributed by atoms with Gasteiger partial charge >= 0.3 is 5.97 Å². The van der Waals surface area contributed by atoms with Crippen LogP contribution in [0.4, 0.5) is 0 Å². The standard InChI is InChI=1S/C22H36N4O3/c1-5-28-21(27)19-11-14-26(15-12-19)22(23-2)24-17-18-7-9-20(10-8-18)29-16-6-13-25(3)4/h7-10,19H,5-6,11-17H2,1-4H3,(H,23,24). The lowest BCUT2D eigenvalue weighted by Gasteiger charge is -2.33. The quantitative estimate of drug-likeness (QED) is 0.295. The van der Waals surface area contributed by atoms with Crippen molar-refractivity contribution in [1.29, 1.82) is 0 Å². The molecule has 162 valence electrons. The van der Waals surface area contributed by atoms with Gasteiger partial charge in [-0.05, 0) is 58.0 Å². The molecule has 2 rings (SSSR count). The number of nitrogens with zero attached hydrogens (tertiary/aromatic N) is 3. The van der Waals surface area contributed by atoms with E-state index < -0.39 is 0 Å². The van der Waals surface area contributed by atoms with E-state index in [1.807, 2.05) is 19.1 Å². The molecule has 0 spiro atoms. The first kappa shape index (κ1) is 23.0. The van der Waals surface area contributed by atoms with Crippen molar-refractivity contribution in [1.82, 2.24) is 15.1 Å². The Hall–Kier alpha value is -2.28. The Kier molecular flexibility index (Phi) is 9.77. The average molecular weight is 405 g/mol. The number of carbonyl (C=O) groups excluding carboxylic acids is 1. The van der Waals surface area contributed by atoms with Gasteiger partial charge in [0.15, 0.2) is 5.96 Å². The van der Waals surface area contributed by atoms with Gasteiger partial charge in [0.1, 0.15) is 5.75 Å². The summed E-state index contributed by atoms with van der Waals surface area (Å²) in [6.45, 7) is 6.37. The molecule has 1 N–H and O–H groups in total. The van der Waals surface area contributed by atoms with Crippen LogP contribution in [0.1, 0.15) is 31.7 Å². The number of likely N-dealkylation sites (tertiary alicyclic amines) is 1. The van der Waals surface area contributed by atoms with Crippen molar-refractivity contribution in [3.63, 3.8) is 0 Å². The Balaban J connectivity index is 1.74. The molecule has 0 aliphatic carbocycles. The van der Waals surface area contributed by atoms with Crippen molar-refractivity contribution in [2.24, 2.45) is 10.9 Å². The summed E-state index contributed by atoms with van der Waals surface area (Å²) in [6.07, 6.45) is 2.62. The Bertz CT molecular complexity index is 638. The second-order valence-electron chi connectivity index (χ2n) is 7.56. The lowest BCUT2D eigenvalue weighted by atomic mass is 9.97. The fourth-order valence-electron chi connectivity index (χ4n) is 3.37. The van der Waals surface area contributed by atoms with E-state index in [9.17, 15) is 4.79 Å². The first-order chi connectivity index (χ1) is 14.0. The second-order valence-corrected chi connectivity index (χ2v) is 7.56. The topological polar surface area (TPSA) is 66.4 Å². The highest BCUT2D eigenvalue weighted by Crippen LogP contribution is 2.19. The molecule has 1 aliphatic rings.